The van der Waals surface area contributed by atoms with Crippen molar-refractivity contribution in [2.75, 3.05) is 5.75 Å². The Morgan fingerprint density at radius 2 is 2.00 bits per heavy atom. The first-order chi connectivity index (χ1) is 12.6. The highest BCUT2D eigenvalue weighted by atomic mass is 32.2. The summed E-state index contributed by atoms with van der Waals surface area (Å²) in [7, 11) is 0. The zero-order valence-corrected chi connectivity index (χ0v) is 15.9. The maximum absolute atomic E-state index is 10.6. The van der Waals surface area contributed by atoms with Crippen LogP contribution in [0.1, 0.15) is 55.6 Å². The number of carbonyl (C=O) groups excluding carboxylic acids is 1. The minimum atomic E-state index is -1.17. The van der Waals surface area contributed by atoms with E-state index in [0.717, 1.165) is 18.4 Å². The number of nitrogens with zero attached hydrogens (tertiary/aromatic N) is 2. The molecule has 134 valence electrons. The third kappa shape index (κ3) is 3.91. The van der Waals surface area contributed by atoms with Gasteiger partial charge in [-0.15, -0.1) is 16.9 Å². The van der Waals surface area contributed by atoms with Crippen molar-refractivity contribution in [1.29, 1.82) is 0 Å². The standard InChI is InChI=1S/C21H22N2O2S/c1-3-21(4-2)11-12-26-19-10-6-15(13-18(19)21)5-7-16-8-9-17(23-22-16)14-20(24)25/h6,8-10,13H,3-4,11-12,14H2,1-2H3,(H,24,25)/p-1. The zero-order chi connectivity index (χ0) is 18.6. The van der Waals surface area contributed by atoms with Crippen molar-refractivity contribution in [3.63, 3.8) is 0 Å². The SMILES string of the molecule is CCC1(CC)CCSc2ccc(C#Cc3ccc(CC(=O)[O-])nn3)cc21. The molecule has 2 heterocycles. The van der Waals surface area contributed by atoms with E-state index in [1.54, 1.807) is 12.1 Å². The lowest BCUT2D eigenvalue weighted by Crippen LogP contribution is -2.28. The summed E-state index contributed by atoms with van der Waals surface area (Å²) in [4.78, 5) is 11.9. The number of carboxylic acids is 1. The number of hydrogen-bond donors (Lipinski definition) is 0. The summed E-state index contributed by atoms with van der Waals surface area (Å²) < 4.78 is 0. The molecular weight excluding hydrogens is 344 g/mol. The monoisotopic (exact) mass is 365 g/mol. The normalized spacial score (nSPS) is 14.8. The van der Waals surface area contributed by atoms with Crippen molar-refractivity contribution < 1.29 is 9.90 Å². The number of thioether (sulfide) groups is 1. The lowest BCUT2D eigenvalue weighted by molar-refractivity contribution is -0.304. The Bertz CT molecular complexity index is 862. The molecule has 1 aromatic carbocycles. The predicted octanol–water partition coefficient (Wildman–Crippen LogP) is 2.72. The van der Waals surface area contributed by atoms with Gasteiger partial charge < -0.3 is 9.90 Å². The van der Waals surface area contributed by atoms with Crippen LogP contribution in [0.3, 0.4) is 0 Å². The summed E-state index contributed by atoms with van der Waals surface area (Å²) in [6.45, 7) is 4.54. The van der Waals surface area contributed by atoms with E-state index in [0.29, 0.717) is 11.4 Å². The molecule has 0 radical (unpaired) electrons. The molecule has 1 aliphatic rings. The fourth-order valence-corrected chi connectivity index (χ4v) is 4.74. The van der Waals surface area contributed by atoms with Crippen LogP contribution in [0.4, 0.5) is 0 Å². The molecule has 0 N–H and O–H groups in total. The second kappa shape index (κ2) is 7.92. The van der Waals surface area contributed by atoms with Crippen molar-refractivity contribution in [2.24, 2.45) is 0 Å². The van der Waals surface area contributed by atoms with Crippen molar-refractivity contribution in [1.82, 2.24) is 10.2 Å². The first-order valence-corrected chi connectivity index (χ1v) is 9.86. The summed E-state index contributed by atoms with van der Waals surface area (Å²) in [5.41, 5.74) is 3.54. The maximum atomic E-state index is 10.6. The average molecular weight is 365 g/mol. The molecule has 1 aromatic heterocycles. The second-order valence-corrected chi connectivity index (χ2v) is 7.64. The lowest BCUT2D eigenvalue weighted by Gasteiger charge is -2.37. The van der Waals surface area contributed by atoms with Gasteiger partial charge in [-0.05, 0) is 72.2 Å². The number of fused-ring (bicyclic) bond motifs is 1. The van der Waals surface area contributed by atoms with E-state index >= 15 is 0 Å². The van der Waals surface area contributed by atoms with Gasteiger partial charge in [-0.2, -0.15) is 5.10 Å². The Labute approximate surface area is 158 Å². The molecule has 0 spiro atoms. The maximum Gasteiger partial charge on any atom is 0.136 e. The first kappa shape index (κ1) is 18.5. The van der Waals surface area contributed by atoms with E-state index in [1.165, 1.54) is 22.6 Å². The Balaban J connectivity index is 1.86. The van der Waals surface area contributed by atoms with E-state index in [2.05, 4.69) is 54.1 Å². The molecule has 0 amide bonds. The highest BCUT2D eigenvalue weighted by Crippen LogP contribution is 2.46. The molecule has 5 heteroatoms. The van der Waals surface area contributed by atoms with E-state index in [9.17, 15) is 9.90 Å². The molecule has 1 aliphatic heterocycles. The van der Waals surface area contributed by atoms with Gasteiger partial charge >= 0.3 is 0 Å². The van der Waals surface area contributed by atoms with Crippen LogP contribution < -0.4 is 5.11 Å². The number of carboxylic acid groups (broad SMARTS) is 1. The van der Waals surface area contributed by atoms with Crippen molar-refractivity contribution >= 4 is 17.7 Å². The van der Waals surface area contributed by atoms with Gasteiger partial charge in [0.2, 0.25) is 0 Å². The van der Waals surface area contributed by atoms with Crippen LogP contribution >= 0.6 is 11.8 Å². The molecule has 0 unspecified atom stereocenters. The first-order valence-electron chi connectivity index (χ1n) is 8.88. The minimum absolute atomic E-state index is 0.237. The predicted molar refractivity (Wildman–Crippen MR) is 101 cm³/mol. The van der Waals surface area contributed by atoms with Crippen molar-refractivity contribution in [3.8, 4) is 11.8 Å². The highest BCUT2D eigenvalue weighted by molar-refractivity contribution is 7.99. The van der Waals surface area contributed by atoms with Gasteiger partial charge in [0.25, 0.3) is 0 Å². The van der Waals surface area contributed by atoms with Crippen LogP contribution in [0.2, 0.25) is 0 Å². The lowest BCUT2D eigenvalue weighted by atomic mass is 9.73. The quantitative estimate of drug-likeness (QED) is 0.780. The van der Waals surface area contributed by atoms with Gasteiger partial charge in [0.15, 0.2) is 0 Å². The third-order valence-electron chi connectivity index (χ3n) is 5.12. The second-order valence-electron chi connectivity index (χ2n) is 6.51. The van der Waals surface area contributed by atoms with Gasteiger partial charge in [0, 0.05) is 22.8 Å². The van der Waals surface area contributed by atoms with Crippen LogP contribution in [-0.4, -0.2) is 21.9 Å². The van der Waals surface area contributed by atoms with Crippen LogP contribution in [0, 0.1) is 11.8 Å². The molecule has 4 nitrogen and oxygen atoms in total. The van der Waals surface area contributed by atoms with E-state index in [1.807, 2.05) is 11.8 Å². The molecule has 0 atom stereocenters. The third-order valence-corrected chi connectivity index (χ3v) is 6.20. The molecule has 0 saturated heterocycles. The molecule has 0 aliphatic carbocycles. The molecule has 3 rings (SSSR count). The number of aromatic nitrogens is 2. The zero-order valence-electron chi connectivity index (χ0n) is 15.0. The Morgan fingerprint density at radius 3 is 2.65 bits per heavy atom. The van der Waals surface area contributed by atoms with Gasteiger partial charge in [-0.3, -0.25) is 0 Å². The van der Waals surface area contributed by atoms with Crippen molar-refractivity contribution in [3.05, 3.63) is 52.8 Å². The fraction of sp³-hybridized carbons (Fsp3) is 0.381. The van der Waals surface area contributed by atoms with Gasteiger partial charge in [-0.25, -0.2) is 0 Å². The fourth-order valence-electron chi connectivity index (χ4n) is 3.43. The summed E-state index contributed by atoms with van der Waals surface area (Å²) in [6, 6.07) is 9.76. The van der Waals surface area contributed by atoms with Crippen LogP contribution in [0.5, 0.6) is 0 Å². The Morgan fingerprint density at radius 1 is 1.19 bits per heavy atom. The molecule has 2 aromatic rings. The number of rotatable bonds is 4. The Kier molecular flexibility index (Phi) is 5.63. The van der Waals surface area contributed by atoms with Crippen molar-refractivity contribution in [2.45, 2.75) is 49.8 Å². The molecule has 0 bridgehead atoms. The minimum Gasteiger partial charge on any atom is -0.550 e. The Hall–Kier alpha value is -2.32. The van der Waals surface area contributed by atoms with Crippen LogP contribution in [0.25, 0.3) is 0 Å². The smallest absolute Gasteiger partial charge is 0.136 e. The van der Waals surface area contributed by atoms with E-state index in [-0.39, 0.29) is 11.8 Å². The van der Waals surface area contributed by atoms with Gasteiger partial charge in [0.1, 0.15) is 5.69 Å². The summed E-state index contributed by atoms with van der Waals surface area (Å²) in [5.74, 6) is 6.19. The van der Waals surface area contributed by atoms with Gasteiger partial charge in [-0.1, -0.05) is 19.8 Å². The number of benzene rings is 1. The van der Waals surface area contributed by atoms with E-state index < -0.39 is 5.97 Å². The van der Waals surface area contributed by atoms with E-state index in [4.69, 9.17) is 0 Å². The topological polar surface area (TPSA) is 65.9 Å². The van der Waals surface area contributed by atoms with Crippen LogP contribution in [-0.2, 0) is 16.6 Å². The van der Waals surface area contributed by atoms with Crippen LogP contribution in [0.15, 0.2) is 35.2 Å². The molecule has 0 fully saturated rings. The molecule has 26 heavy (non-hydrogen) atoms. The average Bonchev–Trinajstić information content (AvgIpc) is 2.66. The van der Waals surface area contributed by atoms with Gasteiger partial charge in [0.05, 0.1) is 5.69 Å². The largest absolute Gasteiger partial charge is 0.550 e. The number of carbonyl (C=O) groups is 1. The highest BCUT2D eigenvalue weighted by Gasteiger charge is 2.33. The number of hydrogen-bond acceptors (Lipinski definition) is 5. The number of aliphatic carboxylic acids is 1. The molecular formula is C21H21N2O2S-. The summed E-state index contributed by atoms with van der Waals surface area (Å²) >= 11 is 1.93. The summed E-state index contributed by atoms with van der Waals surface area (Å²) in [6.07, 6.45) is 3.25. The molecule has 0 saturated carbocycles. The summed E-state index contributed by atoms with van der Waals surface area (Å²) in [5, 5.41) is 18.4.